The Morgan fingerprint density at radius 3 is 2.52 bits per heavy atom. The molecule has 3 rings (SSSR count). The highest BCUT2D eigenvalue weighted by Crippen LogP contribution is 2.39. The number of nitrogens with zero attached hydrogens (tertiary/aromatic N) is 1. The van der Waals surface area contributed by atoms with Gasteiger partial charge in [-0.05, 0) is 30.6 Å². The zero-order valence-corrected chi connectivity index (χ0v) is 18.9. The molecule has 164 valence electrons. The van der Waals surface area contributed by atoms with Gasteiger partial charge < -0.3 is 14.1 Å². The van der Waals surface area contributed by atoms with E-state index in [1.165, 1.54) is 6.07 Å². The van der Waals surface area contributed by atoms with Crippen LogP contribution in [0.5, 0.6) is 0 Å². The summed E-state index contributed by atoms with van der Waals surface area (Å²) in [5.41, 5.74) is 0.405. The van der Waals surface area contributed by atoms with Gasteiger partial charge in [-0.3, -0.25) is 4.18 Å². The van der Waals surface area contributed by atoms with Crippen LogP contribution in [0, 0.1) is 0 Å². The Hall–Kier alpha value is -1.42. The van der Waals surface area contributed by atoms with Gasteiger partial charge in [0.25, 0.3) is 10.1 Å². The van der Waals surface area contributed by atoms with Gasteiger partial charge in [0.2, 0.25) is 0 Å². The summed E-state index contributed by atoms with van der Waals surface area (Å²) in [6.07, 6.45) is -0.101. The molecular formula is C20H33NO6SSi. The number of cyclic esters (lactones) is 1. The van der Waals surface area contributed by atoms with E-state index in [1.54, 1.807) is 23.1 Å². The molecule has 0 N–H and O–H groups in total. The van der Waals surface area contributed by atoms with Gasteiger partial charge in [0.1, 0.15) is 11.5 Å². The molecule has 1 amide bonds. The van der Waals surface area contributed by atoms with E-state index in [2.05, 4.69) is 33.9 Å². The van der Waals surface area contributed by atoms with E-state index in [-0.39, 0.29) is 36.7 Å². The van der Waals surface area contributed by atoms with Crippen molar-refractivity contribution in [2.45, 2.75) is 76.4 Å². The smallest absolute Gasteiger partial charge is 0.410 e. The molecule has 2 heterocycles. The first kappa shape index (κ1) is 23.9. The van der Waals surface area contributed by atoms with Gasteiger partial charge in [-0.25, -0.2) is 4.79 Å². The van der Waals surface area contributed by atoms with Gasteiger partial charge in [-0.15, -0.1) is 0 Å². The third-order valence-electron chi connectivity index (χ3n) is 5.89. The predicted octanol–water partition coefficient (Wildman–Crippen LogP) is 4.14. The third-order valence-corrected chi connectivity index (χ3v) is 11.8. The van der Waals surface area contributed by atoms with E-state index in [0.29, 0.717) is 18.5 Å². The largest absolute Gasteiger partial charge is 0.444 e. The molecule has 2 aliphatic heterocycles. The van der Waals surface area contributed by atoms with Crippen LogP contribution in [0.25, 0.3) is 0 Å². The summed E-state index contributed by atoms with van der Waals surface area (Å²) in [4.78, 5) is 14.2. The lowest BCUT2D eigenvalue weighted by atomic mass is 10.2. The summed E-state index contributed by atoms with van der Waals surface area (Å²) in [7, 11) is -5.94. The highest BCUT2D eigenvalue weighted by Gasteiger charge is 2.44. The standard InChI is InChI=1S/C19H29NO6SSi.CH4/c1-19(2,3)28(4,5)26-16-10-15-13-25-27(22,23)17-9-7-6-8-14(17)12-24-18(21)20(15)11-16;/h6-9,15-16H,10-13H2,1-5H3;1H4/t15-,16+;/m0./s1. The van der Waals surface area contributed by atoms with Crippen LogP contribution in [-0.2, 0) is 30.1 Å². The molecule has 7 nitrogen and oxygen atoms in total. The average molecular weight is 444 g/mol. The minimum Gasteiger partial charge on any atom is -0.444 e. The van der Waals surface area contributed by atoms with E-state index >= 15 is 0 Å². The zero-order chi connectivity index (χ0) is 20.7. The Morgan fingerprint density at radius 2 is 1.86 bits per heavy atom. The SMILES string of the molecule is C.CC(C)(C)[Si](C)(C)O[C@@H]1C[C@H]2COS(=O)(=O)c3ccccc3COC(=O)N2C1. The third kappa shape index (κ3) is 5.02. The van der Waals surface area contributed by atoms with Gasteiger partial charge in [0.15, 0.2) is 8.32 Å². The Balaban J connectivity index is 0.00000300. The van der Waals surface area contributed by atoms with Gasteiger partial charge in [-0.2, -0.15) is 8.42 Å². The molecule has 1 aromatic rings. The maximum Gasteiger partial charge on any atom is 0.410 e. The van der Waals surface area contributed by atoms with Crippen molar-refractivity contribution in [2.24, 2.45) is 0 Å². The van der Waals surface area contributed by atoms with Gasteiger partial charge in [0, 0.05) is 12.1 Å². The lowest BCUT2D eigenvalue weighted by molar-refractivity contribution is 0.0780. The topological polar surface area (TPSA) is 82.1 Å². The molecule has 0 radical (unpaired) electrons. The Bertz CT molecular complexity index is 849. The molecule has 0 bridgehead atoms. The van der Waals surface area contributed by atoms with Crippen LogP contribution in [0.4, 0.5) is 4.79 Å². The number of benzene rings is 1. The fraction of sp³-hybridized carbons (Fsp3) is 0.650. The molecule has 1 aromatic carbocycles. The van der Waals surface area contributed by atoms with E-state index < -0.39 is 30.6 Å². The second-order valence-electron chi connectivity index (χ2n) is 8.94. The van der Waals surface area contributed by atoms with Crippen molar-refractivity contribution < 1.29 is 26.6 Å². The van der Waals surface area contributed by atoms with Gasteiger partial charge >= 0.3 is 6.09 Å². The second-order valence-corrected chi connectivity index (χ2v) is 15.3. The number of carbonyl (C=O) groups excluding carboxylic acids is 1. The maximum absolute atomic E-state index is 12.6. The minimum atomic E-state index is -3.92. The second kappa shape index (κ2) is 8.37. The van der Waals surface area contributed by atoms with Crippen LogP contribution >= 0.6 is 0 Å². The van der Waals surface area contributed by atoms with Crippen molar-refractivity contribution in [1.29, 1.82) is 0 Å². The Kier molecular flexibility index (Phi) is 6.88. The van der Waals surface area contributed by atoms with Crippen LogP contribution in [0.1, 0.15) is 40.2 Å². The van der Waals surface area contributed by atoms with E-state index in [1.807, 2.05) is 0 Å². The lowest BCUT2D eigenvalue weighted by Crippen LogP contribution is -2.45. The summed E-state index contributed by atoms with van der Waals surface area (Å²) in [6.45, 7) is 11.0. The van der Waals surface area contributed by atoms with Crippen molar-refractivity contribution in [2.75, 3.05) is 13.2 Å². The molecule has 1 saturated heterocycles. The van der Waals surface area contributed by atoms with Crippen molar-refractivity contribution in [3.05, 3.63) is 29.8 Å². The summed E-state index contributed by atoms with van der Waals surface area (Å²) in [6, 6.07) is 6.02. The Morgan fingerprint density at radius 1 is 1.21 bits per heavy atom. The molecule has 2 aliphatic rings. The molecule has 0 spiro atoms. The van der Waals surface area contributed by atoms with Crippen molar-refractivity contribution in [3.63, 3.8) is 0 Å². The molecular weight excluding hydrogens is 410 g/mol. The zero-order valence-electron chi connectivity index (χ0n) is 17.1. The monoisotopic (exact) mass is 443 g/mol. The number of carbonyl (C=O) groups is 1. The highest BCUT2D eigenvalue weighted by atomic mass is 32.2. The van der Waals surface area contributed by atoms with Crippen LogP contribution < -0.4 is 0 Å². The fourth-order valence-corrected chi connectivity index (χ4v) is 5.77. The first-order chi connectivity index (χ1) is 12.9. The molecule has 1 fully saturated rings. The van der Waals surface area contributed by atoms with Crippen LogP contribution in [0.15, 0.2) is 29.2 Å². The normalized spacial score (nSPS) is 24.7. The van der Waals surface area contributed by atoms with Crippen molar-refractivity contribution in [3.8, 4) is 0 Å². The fourth-order valence-electron chi connectivity index (χ4n) is 3.26. The molecule has 0 aromatic heterocycles. The van der Waals surface area contributed by atoms with Crippen molar-refractivity contribution in [1.82, 2.24) is 4.90 Å². The summed E-state index contributed by atoms with van der Waals surface area (Å²) >= 11 is 0. The number of fused-ring (bicyclic) bond motifs is 2. The van der Waals surface area contributed by atoms with E-state index in [9.17, 15) is 13.2 Å². The average Bonchev–Trinajstić information content (AvgIpc) is 2.99. The van der Waals surface area contributed by atoms with Crippen molar-refractivity contribution >= 4 is 24.5 Å². The van der Waals surface area contributed by atoms with Crippen LogP contribution in [0.3, 0.4) is 0 Å². The lowest BCUT2D eigenvalue weighted by Gasteiger charge is -2.38. The van der Waals surface area contributed by atoms with Gasteiger partial charge in [-0.1, -0.05) is 46.4 Å². The highest BCUT2D eigenvalue weighted by molar-refractivity contribution is 7.86. The molecule has 9 heteroatoms. The predicted molar refractivity (Wildman–Crippen MR) is 114 cm³/mol. The molecule has 0 unspecified atom stereocenters. The number of hydrogen-bond donors (Lipinski definition) is 0. The summed E-state index contributed by atoms with van der Waals surface area (Å²) < 4.78 is 42.4. The summed E-state index contributed by atoms with van der Waals surface area (Å²) in [5.74, 6) is 0. The maximum atomic E-state index is 12.6. The summed E-state index contributed by atoms with van der Waals surface area (Å²) in [5, 5.41) is 0.0425. The van der Waals surface area contributed by atoms with E-state index in [4.69, 9.17) is 13.3 Å². The van der Waals surface area contributed by atoms with Crippen LogP contribution in [0.2, 0.25) is 18.1 Å². The minimum absolute atomic E-state index is 0. The molecule has 2 atom stereocenters. The number of rotatable bonds is 2. The molecule has 0 saturated carbocycles. The quantitative estimate of drug-likeness (QED) is 0.505. The number of hydrogen-bond acceptors (Lipinski definition) is 6. The number of ether oxygens (including phenoxy) is 1. The number of amides is 1. The molecule has 0 aliphatic carbocycles. The first-order valence-corrected chi connectivity index (χ1v) is 13.8. The Labute approximate surface area is 175 Å². The van der Waals surface area contributed by atoms with Gasteiger partial charge in [0.05, 0.1) is 18.8 Å². The van der Waals surface area contributed by atoms with Crippen LogP contribution in [-0.4, -0.2) is 53.0 Å². The molecule has 29 heavy (non-hydrogen) atoms. The van der Waals surface area contributed by atoms with E-state index in [0.717, 1.165) is 0 Å². The first-order valence-electron chi connectivity index (χ1n) is 9.49.